The van der Waals surface area contributed by atoms with E-state index in [-0.39, 0.29) is 23.7 Å². The molecule has 0 bridgehead atoms. The Kier molecular flexibility index (Phi) is 5.18. The third-order valence-electron chi connectivity index (χ3n) is 4.82. The minimum Gasteiger partial charge on any atom is -0.352 e. The van der Waals surface area contributed by atoms with Gasteiger partial charge in [-0.2, -0.15) is 9.40 Å². The van der Waals surface area contributed by atoms with Crippen LogP contribution in [0.4, 0.5) is 11.5 Å². The lowest BCUT2D eigenvalue weighted by Gasteiger charge is -2.34. The number of benzene rings is 1. The summed E-state index contributed by atoms with van der Waals surface area (Å²) in [5.74, 6) is 1.24. The summed E-state index contributed by atoms with van der Waals surface area (Å²) >= 11 is 0. The molecule has 0 N–H and O–H groups in total. The molecule has 3 heterocycles. The molecule has 1 aliphatic heterocycles. The van der Waals surface area contributed by atoms with Gasteiger partial charge in [-0.15, -0.1) is 10.2 Å². The lowest BCUT2D eigenvalue weighted by atomic mass is 10.3. The van der Waals surface area contributed by atoms with E-state index < -0.39 is 14.9 Å². The number of nitrogens with zero attached hydrogens (tertiary/aromatic N) is 7. The number of nitro groups is 1. The second-order valence-electron chi connectivity index (χ2n) is 6.80. The number of anilines is 1. The van der Waals surface area contributed by atoms with Crippen LogP contribution in [-0.2, 0) is 10.0 Å². The van der Waals surface area contributed by atoms with Crippen LogP contribution in [-0.4, -0.2) is 63.8 Å². The number of hydrogen-bond donors (Lipinski definition) is 0. The molecular formula is C18H19N7O4S. The predicted octanol–water partition coefficient (Wildman–Crippen LogP) is 1.39. The van der Waals surface area contributed by atoms with Crippen LogP contribution < -0.4 is 4.90 Å². The summed E-state index contributed by atoms with van der Waals surface area (Å²) in [6, 6.07) is 10.6. The molecule has 4 rings (SSSR count). The molecule has 0 aliphatic carbocycles. The number of aromatic nitrogens is 4. The van der Waals surface area contributed by atoms with Gasteiger partial charge in [-0.3, -0.25) is 10.1 Å². The Morgan fingerprint density at radius 1 is 1.00 bits per heavy atom. The molecule has 1 aliphatic rings. The van der Waals surface area contributed by atoms with E-state index in [9.17, 15) is 18.5 Å². The van der Waals surface area contributed by atoms with Crippen LogP contribution in [0.15, 0.2) is 53.6 Å². The number of non-ortho nitro benzene ring substituents is 1. The second kappa shape index (κ2) is 7.80. The normalized spacial score (nSPS) is 15.3. The third-order valence-corrected chi connectivity index (χ3v) is 6.72. The van der Waals surface area contributed by atoms with Crippen LogP contribution in [0.5, 0.6) is 0 Å². The molecule has 156 valence electrons. The molecule has 11 nitrogen and oxygen atoms in total. The van der Waals surface area contributed by atoms with Gasteiger partial charge >= 0.3 is 0 Å². The van der Waals surface area contributed by atoms with E-state index in [0.717, 1.165) is 11.8 Å². The summed E-state index contributed by atoms with van der Waals surface area (Å²) in [5.41, 5.74) is 0.624. The number of piperazine rings is 1. The third kappa shape index (κ3) is 3.86. The van der Waals surface area contributed by atoms with Crippen molar-refractivity contribution in [2.75, 3.05) is 31.1 Å². The molecule has 12 heteroatoms. The zero-order valence-electron chi connectivity index (χ0n) is 16.1. The van der Waals surface area contributed by atoms with Crippen molar-refractivity contribution in [2.45, 2.75) is 11.8 Å². The fourth-order valence-electron chi connectivity index (χ4n) is 3.22. The quantitative estimate of drug-likeness (QED) is 0.440. The van der Waals surface area contributed by atoms with Gasteiger partial charge in [-0.05, 0) is 31.2 Å². The highest BCUT2D eigenvalue weighted by Gasteiger charge is 2.30. The molecule has 0 radical (unpaired) electrons. The smallest absolute Gasteiger partial charge is 0.270 e. The van der Waals surface area contributed by atoms with Crippen LogP contribution in [0.25, 0.3) is 5.82 Å². The zero-order chi connectivity index (χ0) is 21.3. The molecule has 2 aromatic heterocycles. The molecule has 30 heavy (non-hydrogen) atoms. The van der Waals surface area contributed by atoms with Crippen molar-refractivity contribution in [3.8, 4) is 5.82 Å². The molecule has 3 aromatic rings. The molecule has 0 amide bonds. The summed E-state index contributed by atoms with van der Waals surface area (Å²) < 4.78 is 28.7. The van der Waals surface area contributed by atoms with Crippen molar-refractivity contribution < 1.29 is 13.3 Å². The van der Waals surface area contributed by atoms with Crippen LogP contribution in [0.3, 0.4) is 0 Å². The fourth-order valence-corrected chi connectivity index (χ4v) is 4.68. The van der Waals surface area contributed by atoms with Gasteiger partial charge in [0.15, 0.2) is 11.6 Å². The Morgan fingerprint density at radius 2 is 1.70 bits per heavy atom. The van der Waals surface area contributed by atoms with Crippen molar-refractivity contribution in [3.63, 3.8) is 0 Å². The SMILES string of the molecule is Cc1ccn(-c2ccc(N3CCN(S(=O)(=O)c4cccc([N+](=O)[O-])c4)CC3)nn2)n1. The Balaban J connectivity index is 1.44. The Labute approximate surface area is 172 Å². The van der Waals surface area contributed by atoms with Crippen molar-refractivity contribution >= 4 is 21.5 Å². The summed E-state index contributed by atoms with van der Waals surface area (Å²) in [6.07, 6.45) is 1.80. The average Bonchev–Trinajstić information content (AvgIpc) is 3.20. The molecule has 0 spiro atoms. The van der Waals surface area contributed by atoms with E-state index in [0.29, 0.717) is 24.7 Å². The number of nitro benzene ring substituents is 1. The van der Waals surface area contributed by atoms with Crippen LogP contribution in [0.1, 0.15) is 5.69 Å². The Morgan fingerprint density at radius 3 is 2.30 bits per heavy atom. The average molecular weight is 429 g/mol. The van der Waals surface area contributed by atoms with E-state index in [1.807, 2.05) is 24.0 Å². The minimum atomic E-state index is -3.81. The maximum Gasteiger partial charge on any atom is 0.270 e. The highest BCUT2D eigenvalue weighted by atomic mass is 32.2. The first-order valence-electron chi connectivity index (χ1n) is 9.20. The molecule has 1 saturated heterocycles. The van der Waals surface area contributed by atoms with Gasteiger partial charge < -0.3 is 4.90 Å². The van der Waals surface area contributed by atoms with Gasteiger partial charge in [-0.1, -0.05) is 6.07 Å². The predicted molar refractivity (Wildman–Crippen MR) is 108 cm³/mol. The second-order valence-corrected chi connectivity index (χ2v) is 8.73. The first-order valence-corrected chi connectivity index (χ1v) is 10.6. The lowest BCUT2D eigenvalue weighted by molar-refractivity contribution is -0.385. The van der Waals surface area contributed by atoms with E-state index >= 15 is 0 Å². The van der Waals surface area contributed by atoms with Gasteiger partial charge in [0.25, 0.3) is 5.69 Å². The van der Waals surface area contributed by atoms with Crippen molar-refractivity contribution in [3.05, 3.63) is 64.5 Å². The topological polar surface area (TPSA) is 127 Å². The number of sulfonamides is 1. The number of rotatable bonds is 5. The van der Waals surface area contributed by atoms with E-state index in [1.54, 1.807) is 16.9 Å². The van der Waals surface area contributed by atoms with Crippen molar-refractivity contribution in [1.82, 2.24) is 24.3 Å². The molecule has 1 fully saturated rings. The van der Waals surface area contributed by atoms with Crippen molar-refractivity contribution in [1.29, 1.82) is 0 Å². The summed E-state index contributed by atoms with van der Waals surface area (Å²) in [7, 11) is -3.81. The summed E-state index contributed by atoms with van der Waals surface area (Å²) in [4.78, 5) is 12.2. The maximum absolute atomic E-state index is 12.9. The molecule has 0 saturated carbocycles. The van der Waals surface area contributed by atoms with Crippen LogP contribution in [0, 0.1) is 17.0 Å². The first-order chi connectivity index (χ1) is 14.3. The summed E-state index contributed by atoms with van der Waals surface area (Å²) in [6.45, 7) is 3.24. The molecular weight excluding hydrogens is 410 g/mol. The molecule has 0 unspecified atom stereocenters. The van der Waals surface area contributed by atoms with Gasteiger partial charge in [-0.25, -0.2) is 13.1 Å². The molecule has 1 aromatic carbocycles. The van der Waals surface area contributed by atoms with Crippen LogP contribution >= 0.6 is 0 Å². The van der Waals surface area contributed by atoms with E-state index in [1.165, 1.54) is 22.5 Å². The van der Waals surface area contributed by atoms with Gasteiger partial charge in [0, 0.05) is 44.5 Å². The highest BCUT2D eigenvalue weighted by Crippen LogP contribution is 2.23. The lowest BCUT2D eigenvalue weighted by Crippen LogP contribution is -2.49. The maximum atomic E-state index is 12.9. The zero-order valence-corrected chi connectivity index (χ0v) is 16.9. The number of hydrogen-bond acceptors (Lipinski definition) is 8. The van der Waals surface area contributed by atoms with Gasteiger partial charge in [0.05, 0.1) is 15.5 Å². The van der Waals surface area contributed by atoms with E-state index in [2.05, 4.69) is 15.3 Å². The fraction of sp³-hybridized carbons (Fsp3) is 0.278. The summed E-state index contributed by atoms with van der Waals surface area (Å²) in [5, 5.41) is 23.7. The monoisotopic (exact) mass is 429 g/mol. The standard InChI is InChI=1S/C18H19N7O4S/c1-14-7-8-24(21-14)18-6-5-17(19-20-18)22-9-11-23(12-10-22)30(28,29)16-4-2-3-15(13-16)25(26)27/h2-8,13H,9-12H2,1H3. The first kappa shape index (κ1) is 19.9. The Bertz CT molecular complexity index is 1170. The van der Waals surface area contributed by atoms with Gasteiger partial charge in [0.1, 0.15) is 0 Å². The van der Waals surface area contributed by atoms with Crippen LogP contribution in [0.2, 0.25) is 0 Å². The molecule has 0 atom stereocenters. The highest BCUT2D eigenvalue weighted by molar-refractivity contribution is 7.89. The van der Waals surface area contributed by atoms with Gasteiger partial charge in [0.2, 0.25) is 10.0 Å². The minimum absolute atomic E-state index is 0.0798. The number of aryl methyl sites for hydroxylation is 1. The van der Waals surface area contributed by atoms with Crippen molar-refractivity contribution in [2.24, 2.45) is 0 Å². The Hall–Kier alpha value is -3.38. The largest absolute Gasteiger partial charge is 0.352 e. The van der Waals surface area contributed by atoms with E-state index in [4.69, 9.17) is 0 Å².